The highest BCUT2D eigenvalue weighted by molar-refractivity contribution is 5.89. The molecule has 0 bridgehead atoms. The van der Waals surface area contributed by atoms with Gasteiger partial charge in [0.2, 0.25) is 11.8 Å². The topological polar surface area (TPSA) is 343 Å². The van der Waals surface area contributed by atoms with E-state index >= 15 is 0 Å². The van der Waals surface area contributed by atoms with Crippen LogP contribution < -0.4 is 51.5 Å². The molecule has 112 heavy (non-hydrogen) atoms. The van der Waals surface area contributed by atoms with Crippen molar-refractivity contribution in [2.45, 2.75) is 93.0 Å². The minimum absolute atomic E-state index is 0.195. The van der Waals surface area contributed by atoms with Crippen LogP contribution in [0.5, 0.6) is 0 Å². The van der Waals surface area contributed by atoms with E-state index in [1.807, 2.05) is 61.1 Å². The number of carbonyl (C=O) groups excluding carboxylic acids is 5. The molecule has 5 heterocycles. The van der Waals surface area contributed by atoms with Crippen LogP contribution in [-0.2, 0) is 23.8 Å². The normalized spacial score (nSPS) is 15.1. The molecule has 0 aromatic heterocycles. The fourth-order valence-corrected chi connectivity index (χ4v) is 11.4. The molecule has 37 heteroatoms. The number of hydrogen-bond acceptors (Lipinski definition) is 22. The van der Waals surface area contributed by atoms with Crippen molar-refractivity contribution in [1.82, 2.24) is 25.3 Å². The van der Waals surface area contributed by atoms with Crippen LogP contribution in [0.3, 0.4) is 0 Å². The predicted molar refractivity (Wildman–Crippen MR) is 412 cm³/mol. The van der Waals surface area contributed by atoms with E-state index in [1.165, 1.54) is 56.3 Å². The third-order valence-electron chi connectivity index (χ3n) is 16.6. The standard InChI is InChI=1S/C17H24FN3O3.C15H20FN3O4.C15H22FN3O2.C12H16FN3O.C10H12FN3O2.C6H3F2NO2/c1-12(22)19-13-5-6-15(14(18)11-13)20-7-9-21(10-8-20)16(23)24-17(2,3)4;1-15(2,3)23-14(20)18-8-6-17(7-9-18)13-5-4-11(19(21)22)10-12(13)16;1-15(2,3)21-14(20)19-8-6-18(7-9-19)13-5-4-11(17)10-12(13)16;1-9(17)15-10-2-3-12(11(13)8-10)16-6-4-14-5-7-16;11-9-7-8(14(15)16)1-2-10(9)13-5-3-12-4-6-13;7-5-2-1-4(9(10)11)3-6(5)8/h5-6,11H,7-10H2,1-4H3,(H,19,22);4-5,10H,6-9H2,1-3H3;4-5,10H,6-9,17H2,1-3H3;2-3,8,14H,4-7H2,1H3,(H,15,17);1-2,7,12H,3-6H2;1-3H. The number of nitrogens with zero attached hydrogens (tertiary/aromatic N) is 11. The number of nitro benzene ring substituents is 3. The third-order valence-corrected chi connectivity index (χ3v) is 16.6. The van der Waals surface area contributed by atoms with Crippen LogP contribution in [0, 0.1) is 71.1 Å². The monoisotopic (exact) mass is 1580 g/mol. The second-order valence-corrected chi connectivity index (χ2v) is 28.9. The lowest BCUT2D eigenvalue weighted by atomic mass is 10.2. The Morgan fingerprint density at radius 1 is 0.357 bits per heavy atom. The minimum atomic E-state index is -1.21. The summed E-state index contributed by atoms with van der Waals surface area (Å²) in [4.78, 5) is 101. The summed E-state index contributed by atoms with van der Waals surface area (Å²) in [7, 11) is 0. The Hall–Kier alpha value is -11.5. The van der Waals surface area contributed by atoms with Gasteiger partial charge in [-0.2, -0.15) is 0 Å². The van der Waals surface area contributed by atoms with Gasteiger partial charge in [0.25, 0.3) is 17.1 Å². The third kappa shape index (κ3) is 29.1. The van der Waals surface area contributed by atoms with Gasteiger partial charge in [0.15, 0.2) is 23.3 Å². The highest BCUT2D eigenvalue weighted by Crippen LogP contribution is 2.30. The molecule has 11 rings (SSSR count). The van der Waals surface area contributed by atoms with Crippen LogP contribution in [0.2, 0.25) is 0 Å². The van der Waals surface area contributed by atoms with Crippen LogP contribution >= 0.6 is 0 Å². The first-order valence-corrected chi connectivity index (χ1v) is 35.8. The van der Waals surface area contributed by atoms with Gasteiger partial charge in [0, 0.05) is 180 Å². The summed E-state index contributed by atoms with van der Waals surface area (Å²) in [5.74, 6) is -4.92. The molecule has 610 valence electrons. The maximum Gasteiger partial charge on any atom is 0.410 e. The number of ether oxygens (including phenoxy) is 3. The number of piperazine rings is 5. The fraction of sp³-hybridized carbons (Fsp3) is 0.453. The lowest BCUT2D eigenvalue weighted by Crippen LogP contribution is -2.50. The van der Waals surface area contributed by atoms with Gasteiger partial charge in [-0.15, -0.1) is 0 Å². The van der Waals surface area contributed by atoms with Crippen molar-refractivity contribution in [1.29, 1.82) is 0 Å². The van der Waals surface area contributed by atoms with E-state index in [0.29, 0.717) is 149 Å². The summed E-state index contributed by atoms with van der Waals surface area (Å²) in [6.45, 7) is 31.4. The van der Waals surface area contributed by atoms with Crippen molar-refractivity contribution in [3.63, 3.8) is 0 Å². The number of nitrogens with one attached hydrogen (secondary N) is 4. The second kappa shape index (κ2) is 41.0. The SMILES string of the molecule is CC(=O)Nc1ccc(N2CCN(C(=O)OC(C)(C)C)CC2)c(F)c1.CC(=O)Nc1ccc(N2CCNCC2)c(F)c1.CC(C)(C)OC(=O)N1CCN(c2ccc(N)cc2F)CC1.CC(C)(C)OC(=O)N1CCN(c2ccc([N+](=O)[O-])cc2F)CC1.O=[N+]([O-])c1ccc(F)c(F)c1.O=[N+]([O-])c1ccc(N2CCNCC2)c(F)c1. The summed E-state index contributed by atoms with van der Waals surface area (Å²) in [6, 6.07) is 23.6. The Morgan fingerprint density at radius 2 is 0.607 bits per heavy atom. The first-order chi connectivity index (χ1) is 52.5. The quantitative estimate of drug-likeness (QED) is 0.0280. The first kappa shape index (κ1) is 89.4. The van der Waals surface area contributed by atoms with E-state index in [2.05, 4.69) is 21.3 Å². The van der Waals surface area contributed by atoms with Crippen molar-refractivity contribution < 1.29 is 83.7 Å². The molecule has 6 aromatic carbocycles. The van der Waals surface area contributed by atoms with Crippen molar-refractivity contribution in [2.75, 3.05) is 172 Å². The molecule has 6 aromatic rings. The summed E-state index contributed by atoms with van der Waals surface area (Å²) < 4.78 is 110. The Kier molecular flexibility index (Phi) is 32.7. The number of benzene rings is 6. The zero-order valence-electron chi connectivity index (χ0n) is 64.4. The fourth-order valence-electron chi connectivity index (χ4n) is 11.4. The molecular weight excluding hydrogens is 1480 g/mol. The minimum Gasteiger partial charge on any atom is -0.444 e. The highest BCUT2D eigenvalue weighted by Gasteiger charge is 2.31. The van der Waals surface area contributed by atoms with Gasteiger partial charge < -0.3 is 80.4 Å². The molecule has 5 aliphatic rings. The summed E-state index contributed by atoms with van der Waals surface area (Å²) >= 11 is 0. The maximum atomic E-state index is 14.3. The number of non-ortho nitro benzene ring substituents is 3. The number of carbonyl (C=O) groups is 5. The molecule has 0 saturated carbocycles. The van der Waals surface area contributed by atoms with Gasteiger partial charge in [-0.05, 0) is 135 Å². The summed E-state index contributed by atoms with van der Waals surface area (Å²) in [5.41, 5.74) is 6.67. The van der Waals surface area contributed by atoms with Crippen LogP contribution in [0.25, 0.3) is 0 Å². The van der Waals surface area contributed by atoms with E-state index in [9.17, 15) is 85.0 Å². The highest BCUT2D eigenvalue weighted by atomic mass is 19.2. The van der Waals surface area contributed by atoms with Crippen molar-refractivity contribution >= 4 is 92.7 Å². The molecule has 6 N–H and O–H groups in total. The Bertz CT molecular complexity index is 4230. The van der Waals surface area contributed by atoms with E-state index < -0.39 is 66.3 Å². The van der Waals surface area contributed by atoms with E-state index in [0.717, 1.165) is 57.5 Å². The van der Waals surface area contributed by atoms with Gasteiger partial charge in [-0.25, -0.2) is 45.1 Å². The van der Waals surface area contributed by atoms with Gasteiger partial charge >= 0.3 is 18.3 Å². The Morgan fingerprint density at radius 3 is 0.857 bits per heavy atom. The average molecular weight is 1580 g/mol. The number of anilines is 8. The van der Waals surface area contributed by atoms with Crippen LogP contribution in [0.4, 0.5) is 108 Å². The molecule has 30 nitrogen and oxygen atoms in total. The molecule has 0 aliphatic carbocycles. The smallest absolute Gasteiger partial charge is 0.410 e. The van der Waals surface area contributed by atoms with E-state index in [-0.39, 0.29) is 53.1 Å². The number of amides is 5. The molecule has 5 saturated heterocycles. The van der Waals surface area contributed by atoms with Gasteiger partial charge in [0.05, 0.1) is 61.4 Å². The number of halogens is 7. The van der Waals surface area contributed by atoms with Gasteiger partial charge in [0.1, 0.15) is 34.3 Å². The Balaban J connectivity index is 0.000000212. The molecule has 5 aliphatic heterocycles. The lowest BCUT2D eigenvalue weighted by Gasteiger charge is -2.36. The zero-order chi connectivity index (χ0) is 82.9. The second-order valence-electron chi connectivity index (χ2n) is 28.9. The largest absolute Gasteiger partial charge is 0.444 e. The average Bonchev–Trinajstić information content (AvgIpc) is 0.834. The molecule has 0 spiro atoms. The summed E-state index contributed by atoms with van der Waals surface area (Å²) in [5, 5.41) is 42.6. The van der Waals surface area contributed by atoms with Crippen LogP contribution in [0.1, 0.15) is 76.2 Å². The van der Waals surface area contributed by atoms with E-state index in [4.69, 9.17) is 19.9 Å². The van der Waals surface area contributed by atoms with Crippen molar-refractivity contribution in [2.24, 2.45) is 0 Å². The first-order valence-electron chi connectivity index (χ1n) is 35.8. The van der Waals surface area contributed by atoms with E-state index in [1.54, 1.807) is 76.8 Å². The number of nitro groups is 3. The number of hydrogen-bond donors (Lipinski definition) is 5. The molecule has 5 fully saturated rings. The van der Waals surface area contributed by atoms with Crippen molar-refractivity contribution in [3.8, 4) is 0 Å². The lowest BCUT2D eigenvalue weighted by molar-refractivity contribution is -0.385. The number of nitrogen functional groups attached to an aromatic ring is 1. The van der Waals surface area contributed by atoms with Crippen LogP contribution in [0.15, 0.2) is 109 Å². The maximum absolute atomic E-state index is 14.3. The summed E-state index contributed by atoms with van der Waals surface area (Å²) in [6.07, 6.45) is -1.05. The molecule has 0 unspecified atom stereocenters. The van der Waals surface area contributed by atoms with Gasteiger partial charge in [-0.3, -0.25) is 39.9 Å². The zero-order valence-corrected chi connectivity index (χ0v) is 64.4. The molecule has 0 radical (unpaired) electrons. The molecular formula is C75H97F7N16O14. The molecule has 0 atom stereocenters. The van der Waals surface area contributed by atoms with Crippen LogP contribution in [-0.4, -0.2) is 207 Å². The van der Waals surface area contributed by atoms with Crippen molar-refractivity contribution in [3.05, 3.63) is 180 Å². The number of nitrogens with two attached hydrogens (primary N) is 1. The predicted octanol–water partition coefficient (Wildman–Crippen LogP) is 12.3. The Labute approximate surface area is 644 Å². The van der Waals surface area contributed by atoms with Gasteiger partial charge in [-0.1, -0.05) is 0 Å². The molecule has 5 amide bonds. The number of rotatable bonds is 10.